The molecule has 16 heavy (non-hydrogen) atoms. The van der Waals surface area contributed by atoms with Gasteiger partial charge in [0, 0.05) is 6.42 Å². The number of hydrogen-bond donors (Lipinski definition) is 0. The van der Waals surface area contributed by atoms with Gasteiger partial charge in [-0.25, -0.2) is 8.42 Å². The Morgan fingerprint density at radius 2 is 1.75 bits per heavy atom. The summed E-state index contributed by atoms with van der Waals surface area (Å²) in [4.78, 5) is 11.6. The van der Waals surface area contributed by atoms with Crippen molar-refractivity contribution in [3.05, 3.63) is 40.8 Å². The lowest BCUT2D eigenvalue weighted by Crippen LogP contribution is -2.10. The molecule has 0 aromatic heterocycles. The van der Waals surface area contributed by atoms with E-state index in [-0.39, 0.29) is 15.6 Å². The average molecular weight is 236 g/mol. The zero-order valence-electron chi connectivity index (χ0n) is 8.93. The molecule has 0 aliphatic heterocycles. The van der Waals surface area contributed by atoms with Crippen LogP contribution in [0.4, 0.5) is 0 Å². The first-order chi connectivity index (χ1) is 7.51. The van der Waals surface area contributed by atoms with E-state index < -0.39 is 9.84 Å². The number of sulfone groups is 1. The van der Waals surface area contributed by atoms with E-state index in [0.717, 1.165) is 5.56 Å². The Hall–Kier alpha value is -1.42. The number of ketones is 1. The van der Waals surface area contributed by atoms with Crippen molar-refractivity contribution in [2.45, 2.75) is 24.7 Å². The van der Waals surface area contributed by atoms with Crippen molar-refractivity contribution in [3.8, 4) is 0 Å². The molecule has 4 heteroatoms. The van der Waals surface area contributed by atoms with E-state index in [0.29, 0.717) is 12.8 Å². The molecule has 0 N–H and O–H groups in total. The summed E-state index contributed by atoms with van der Waals surface area (Å²) in [5.41, 5.74) is 0.991. The summed E-state index contributed by atoms with van der Waals surface area (Å²) >= 11 is 0. The van der Waals surface area contributed by atoms with Crippen LogP contribution in [-0.2, 0) is 14.6 Å². The first-order valence-electron chi connectivity index (χ1n) is 5.07. The van der Waals surface area contributed by atoms with E-state index in [1.165, 1.54) is 18.2 Å². The summed E-state index contributed by atoms with van der Waals surface area (Å²) in [7, 11) is -3.59. The Bertz CT molecular complexity index is 550. The molecule has 84 valence electrons. The molecule has 0 saturated carbocycles. The number of Topliss-reactive ketones (excluding diaryl/α,β-unsaturated/α-hetero) is 1. The Labute approximate surface area is 94.7 Å². The van der Waals surface area contributed by atoms with Crippen LogP contribution in [0.3, 0.4) is 0 Å². The van der Waals surface area contributed by atoms with Crippen LogP contribution in [0.15, 0.2) is 40.1 Å². The Morgan fingerprint density at radius 3 is 2.25 bits per heavy atom. The van der Waals surface area contributed by atoms with Gasteiger partial charge in [-0.3, -0.25) is 4.79 Å². The highest BCUT2D eigenvalue weighted by Crippen LogP contribution is 2.26. The molecule has 1 aromatic rings. The summed E-state index contributed by atoms with van der Waals surface area (Å²) in [5.74, 6) is -0.277. The summed E-state index contributed by atoms with van der Waals surface area (Å²) < 4.78 is 24.1. The van der Waals surface area contributed by atoms with Gasteiger partial charge >= 0.3 is 0 Å². The van der Waals surface area contributed by atoms with E-state index in [4.69, 9.17) is 0 Å². The number of carbonyl (C=O) groups excluding carboxylic acids is 1. The van der Waals surface area contributed by atoms with Crippen molar-refractivity contribution >= 4 is 15.6 Å². The van der Waals surface area contributed by atoms with Crippen LogP contribution in [-0.4, -0.2) is 14.2 Å². The van der Waals surface area contributed by atoms with Gasteiger partial charge in [0.15, 0.2) is 5.78 Å². The number of aryl methyl sites for hydroxylation is 1. The molecule has 0 heterocycles. The first kappa shape index (κ1) is 11.1. The lowest BCUT2D eigenvalue weighted by atomic mass is 10.2. The molecular weight excluding hydrogens is 224 g/mol. The lowest BCUT2D eigenvalue weighted by Gasteiger charge is -2.04. The molecule has 0 bridgehead atoms. The highest BCUT2D eigenvalue weighted by Gasteiger charge is 2.29. The minimum Gasteiger partial charge on any atom is -0.293 e. The smallest absolute Gasteiger partial charge is 0.209 e. The fourth-order valence-corrected chi connectivity index (χ4v) is 3.16. The van der Waals surface area contributed by atoms with Crippen LogP contribution >= 0.6 is 0 Å². The zero-order chi connectivity index (χ0) is 11.8. The second kappa shape index (κ2) is 3.87. The van der Waals surface area contributed by atoms with Crippen LogP contribution < -0.4 is 0 Å². The average Bonchev–Trinajstić information content (AvgIpc) is 2.66. The number of rotatable bonds is 2. The molecule has 0 atom stereocenters. The van der Waals surface area contributed by atoms with Gasteiger partial charge in [-0.2, -0.15) is 0 Å². The molecule has 0 spiro atoms. The second-order valence-corrected chi connectivity index (χ2v) is 5.76. The van der Waals surface area contributed by atoms with Crippen LogP contribution in [0.2, 0.25) is 0 Å². The zero-order valence-corrected chi connectivity index (χ0v) is 9.75. The predicted octanol–water partition coefficient (Wildman–Crippen LogP) is 2.02. The molecule has 0 amide bonds. The molecule has 1 aliphatic carbocycles. The van der Waals surface area contributed by atoms with Crippen LogP contribution in [0.1, 0.15) is 18.4 Å². The molecule has 2 rings (SSSR count). The molecule has 0 fully saturated rings. The lowest BCUT2D eigenvalue weighted by molar-refractivity contribution is -0.114. The molecule has 0 radical (unpaired) electrons. The van der Waals surface area contributed by atoms with Crippen molar-refractivity contribution in [2.75, 3.05) is 0 Å². The molecule has 3 nitrogen and oxygen atoms in total. The van der Waals surface area contributed by atoms with Crippen LogP contribution in [0, 0.1) is 6.92 Å². The van der Waals surface area contributed by atoms with E-state index in [2.05, 4.69) is 0 Å². The van der Waals surface area contributed by atoms with Crippen molar-refractivity contribution in [1.82, 2.24) is 0 Å². The van der Waals surface area contributed by atoms with E-state index in [1.54, 1.807) is 12.1 Å². The maximum absolute atomic E-state index is 12.1. The Kier molecular flexibility index (Phi) is 2.68. The molecule has 1 aromatic carbocycles. The van der Waals surface area contributed by atoms with Gasteiger partial charge in [-0.15, -0.1) is 0 Å². The summed E-state index contributed by atoms with van der Waals surface area (Å²) in [5, 5.41) is 0. The SMILES string of the molecule is Cc1ccc(S(=O)(=O)C2=CCCC2=O)cc1. The van der Waals surface area contributed by atoms with Crippen molar-refractivity contribution < 1.29 is 13.2 Å². The fourth-order valence-electron chi connectivity index (χ4n) is 1.68. The van der Waals surface area contributed by atoms with Gasteiger partial charge in [0.25, 0.3) is 0 Å². The first-order valence-corrected chi connectivity index (χ1v) is 6.55. The molecule has 0 saturated heterocycles. The van der Waals surface area contributed by atoms with E-state index in [1.807, 2.05) is 6.92 Å². The molecule has 1 aliphatic rings. The Balaban J connectivity index is 2.47. The quantitative estimate of drug-likeness (QED) is 0.789. The number of carbonyl (C=O) groups is 1. The van der Waals surface area contributed by atoms with E-state index in [9.17, 15) is 13.2 Å². The third kappa shape index (κ3) is 1.80. The van der Waals surface area contributed by atoms with Crippen molar-refractivity contribution in [3.63, 3.8) is 0 Å². The van der Waals surface area contributed by atoms with Crippen LogP contribution in [0.25, 0.3) is 0 Å². The fraction of sp³-hybridized carbons (Fsp3) is 0.250. The monoisotopic (exact) mass is 236 g/mol. The van der Waals surface area contributed by atoms with Gasteiger partial charge in [0.2, 0.25) is 9.84 Å². The van der Waals surface area contributed by atoms with Gasteiger partial charge in [-0.1, -0.05) is 23.8 Å². The number of allylic oxidation sites excluding steroid dienone is 2. The Morgan fingerprint density at radius 1 is 1.12 bits per heavy atom. The van der Waals surface area contributed by atoms with E-state index >= 15 is 0 Å². The minimum atomic E-state index is -3.59. The highest BCUT2D eigenvalue weighted by molar-refractivity contribution is 7.96. The largest absolute Gasteiger partial charge is 0.293 e. The van der Waals surface area contributed by atoms with Crippen molar-refractivity contribution in [2.24, 2.45) is 0 Å². The minimum absolute atomic E-state index is 0.0450. The summed E-state index contributed by atoms with van der Waals surface area (Å²) in [6, 6.07) is 6.54. The molecular formula is C12H12O3S. The van der Waals surface area contributed by atoms with Crippen LogP contribution in [0.5, 0.6) is 0 Å². The second-order valence-electron chi connectivity index (χ2n) is 3.85. The predicted molar refractivity (Wildman–Crippen MR) is 60.7 cm³/mol. The third-order valence-corrected chi connectivity index (χ3v) is 4.46. The third-order valence-electron chi connectivity index (χ3n) is 2.60. The van der Waals surface area contributed by atoms with Gasteiger partial charge in [-0.05, 0) is 25.5 Å². The maximum atomic E-state index is 12.1. The van der Waals surface area contributed by atoms with Gasteiger partial charge in [0.05, 0.1) is 4.90 Å². The van der Waals surface area contributed by atoms with Gasteiger partial charge < -0.3 is 0 Å². The standard InChI is InChI=1S/C12H12O3S/c1-9-5-7-10(8-6-9)16(14,15)12-4-2-3-11(12)13/h4-8H,2-3H2,1H3. The summed E-state index contributed by atoms with van der Waals surface area (Å²) in [6.45, 7) is 1.89. The van der Waals surface area contributed by atoms with Gasteiger partial charge in [0.1, 0.15) is 4.91 Å². The highest BCUT2D eigenvalue weighted by atomic mass is 32.2. The molecule has 0 unspecified atom stereocenters. The summed E-state index contributed by atoms with van der Waals surface area (Å²) in [6.07, 6.45) is 2.34. The van der Waals surface area contributed by atoms with Crippen molar-refractivity contribution in [1.29, 1.82) is 0 Å². The topological polar surface area (TPSA) is 51.2 Å². The number of benzene rings is 1. The number of hydrogen-bond acceptors (Lipinski definition) is 3. The normalized spacial score (nSPS) is 16.3. The maximum Gasteiger partial charge on any atom is 0.209 e.